The van der Waals surface area contributed by atoms with Crippen LogP contribution in [-0.4, -0.2) is 32.8 Å². The lowest BCUT2D eigenvalue weighted by Crippen LogP contribution is -2.37. The Morgan fingerprint density at radius 3 is 2.00 bits per heavy atom. The molecule has 0 saturated heterocycles. The van der Waals surface area contributed by atoms with Crippen LogP contribution < -0.4 is 0 Å². The Hall–Kier alpha value is -0.650. The Bertz CT molecular complexity index is 135. The molecule has 11 heavy (non-hydrogen) atoms. The Morgan fingerprint density at radius 2 is 1.91 bits per heavy atom. The molecule has 0 rings (SSSR count). The minimum Gasteiger partial charge on any atom is -0.480 e. The lowest BCUT2D eigenvalue weighted by atomic mass is 10.0. The third-order valence-corrected chi connectivity index (χ3v) is 1.26. The topological polar surface area (TPSA) is 81.0 Å². The Balaban J connectivity index is 4.01. The summed E-state index contributed by atoms with van der Waals surface area (Å²) in [7, 11) is 0. The Kier molecular flexibility index (Phi) is 4.02. The standard InChI is InChI=1S/C6H13NO4/c1-4(2)3-5(6(8)9)7(10)11/h4-5,10-11H,3H2,1-2H3,(H,8,9)/t5-/m1/s1. The first-order valence-corrected chi connectivity index (χ1v) is 3.35. The van der Waals surface area contributed by atoms with Crippen molar-refractivity contribution < 1.29 is 20.3 Å². The molecule has 0 aromatic carbocycles. The number of hydrogen-bond donors (Lipinski definition) is 3. The predicted molar refractivity (Wildman–Crippen MR) is 36.3 cm³/mol. The first-order valence-electron chi connectivity index (χ1n) is 3.35. The first kappa shape index (κ1) is 10.3. The number of carboxylic acids is 1. The molecule has 0 aromatic heterocycles. The van der Waals surface area contributed by atoms with E-state index in [0.717, 1.165) is 0 Å². The number of carbonyl (C=O) groups is 1. The SMILES string of the molecule is CC(C)C[C@H](C(=O)O)N(O)O. The summed E-state index contributed by atoms with van der Waals surface area (Å²) in [6.07, 6.45) is 0.211. The minimum atomic E-state index is -1.23. The molecule has 0 bridgehead atoms. The van der Waals surface area contributed by atoms with Gasteiger partial charge in [0.1, 0.15) is 0 Å². The summed E-state index contributed by atoms with van der Waals surface area (Å²) in [6, 6.07) is -1.23. The van der Waals surface area contributed by atoms with Gasteiger partial charge in [-0.2, -0.15) is 0 Å². The summed E-state index contributed by atoms with van der Waals surface area (Å²) in [5.41, 5.74) is 0. The van der Waals surface area contributed by atoms with E-state index in [4.69, 9.17) is 15.5 Å². The molecule has 3 N–H and O–H groups in total. The molecule has 0 aromatic rings. The van der Waals surface area contributed by atoms with Crippen LogP contribution in [0.3, 0.4) is 0 Å². The van der Waals surface area contributed by atoms with Gasteiger partial charge in [0, 0.05) is 0 Å². The molecule has 1 atom stereocenters. The number of carboxylic acid groups (broad SMARTS) is 1. The van der Waals surface area contributed by atoms with Crippen LogP contribution in [0.25, 0.3) is 0 Å². The van der Waals surface area contributed by atoms with Crippen LogP contribution in [0.4, 0.5) is 0 Å². The molecule has 0 heterocycles. The van der Waals surface area contributed by atoms with Gasteiger partial charge in [0.2, 0.25) is 0 Å². The van der Waals surface area contributed by atoms with Crippen molar-refractivity contribution in [2.45, 2.75) is 26.3 Å². The second-order valence-corrected chi connectivity index (χ2v) is 2.80. The molecule has 0 spiro atoms. The van der Waals surface area contributed by atoms with E-state index in [1.807, 2.05) is 0 Å². The molecule has 0 aliphatic heterocycles. The molecule has 0 fully saturated rings. The zero-order valence-electron chi connectivity index (χ0n) is 6.56. The van der Waals surface area contributed by atoms with Gasteiger partial charge in [-0.05, 0) is 12.3 Å². The maximum atomic E-state index is 10.3. The lowest BCUT2D eigenvalue weighted by Gasteiger charge is -2.17. The van der Waals surface area contributed by atoms with Crippen molar-refractivity contribution in [3.63, 3.8) is 0 Å². The fourth-order valence-electron chi connectivity index (χ4n) is 0.740. The van der Waals surface area contributed by atoms with Crippen molar-refractivity contribution in [2.75, 3.05) is 0 Å². The Labute approximate surface area is 64.8 Å². The lowest BCUT2D eigenvalue weighted by molar-refractivity contribution is -0.329. The maximum Gasteiger partial charge on any atom is 0.325 e. The monoisotopic (exact) mass is 163 g/mol. The normalized spacial score (nSPS) is 14.0. The molecule has 0 radical (unpaired) electrons. The van der Waals surface area contributed by atoms with Crippen LogP contribution in [0.2, 0.25) is 0 Å². The molecule has 0 amide bonds. The molecule has 0 unspecified atom stereocenters. The molecule has 0 aliphatic rings. The first-order chi connectivity index (χ1) is 4.95. The average molecular weight is 163 g/mol. The van der Waals surface area contributed by atoms with Gasteiger partial charge in [0.15, 0.2) is 6.04 Å². The highest BCUT2D eigenvalue weighted by molar-refractivity contribution is 5.72. The third-order valence-electron chi connectivity index (χ3n) is 1.26. The van der Waals surface area contributed by atoms with E-state index in [1.54, 1.807) is 13.8 Å². The fraction of sp³-hybridized carbons (Fsp3) is 0.833. The summed E-state index contributed by atoms with van der Waals surface area (Å²) < 4.78 is 0. The second-order valence-electron chi connectivity index (χ2n) is 2.80. The van der Waals surface area contributed by atoms with E-state index in [2.05, 4.69) is 0 Å². The second kappa shape index (κ2) is 4.27. The summed E-state index contributed by atoms with van der Waals surface area (Å²) in [6.45, 7) is 3.61. The smallest absolute Gasteiger partial charge is 0.325 e. The number of nitrogens with zero attached hydrogens (tertiary/aromatic N) is 1. The van der Waals surface area contributed by atoms with Gasteiger partial charge in [0.25, 0.3) is 0 Å². The van der Waals surface area contributed by atoms with Crippen LogP contribution in [0, 0.1) is 5.92 Å². The third kappa shape index (κ3) is 3.92. The molecule has 0 aliphatic carbocycles. The fourth-order valence-corrected chi connectivity index (χ4v) is 0.740. The van der Waals surface area contributed by atoms with Gasteiger partial charge < -0.3 is 5.11 Å². The van der Waals surface area contributed by atoms with Crippen molar-refractivity contribution >= 4 is 5.97 Å². The largest absolute Gasteiger partial charge is 0.480 e. The molecular formula is C6H13NO4. The quantitative estimate of drug-likeness (QED) is 0.528. The van der Waals surface area contributed by atoms with Crippen LogP contribution >= 0.6 is 0 Å². The van der Waals surface area contributed by atoms with E-state index in [0.29, 0.717) is 0 Å². The van der Waals surface area contributed by atoms with Crippen molar-refractivity contribution in [3.8, 4) is 0 Å². The summed E-state index contributed by atoms with van der Waals surface area (Å²) in [5, 5.41) is 25.0. The van der Waals surface area contributed by atoms with Crippen LogP contribution in [0.1, 0.15) is 20.3 Å². The van der Waals surface area contributed by atoms with Crippen molar-refractivity contribution in [1.29, 1.82) is 0 Å². The molecule has 5 nitrogen and oxygen atoms in total. The van der Waals surface area contributed by atoms with Gasteiger partial charge >= 0.3 is 5.97 Å². The summed E-state index contributed by atoms with van der Waals surface area (Å²) in [4.78, 5) is 10.3. The van der Waals surface area contributed by atoms with Crippen LogP contribution in [-0.2, 0) is 4.79 Å². The van der Waals surface area contributed by atoms with Gasteiger partial charge in [-0.3, -0.25) is 15.2 Å². The van der Waals surface area contributed by atoms with Crippen molar-refractivity contribution in [1.82, 2.24) is 5.23 Å². The highest BCUT2D eigenvalue weighted by Crippen LogP contribution is 2.08. The summed E-state index contributed by atoms with van der Waals surface area (Å²) >= 11 is 0. The van der Waals surface area contributed by atoms with E-state index in [9.17, 15) is 4.79 Å². The maximum absolute atomic E-state index is 10.3. The van der Waals surface area contributed by atoms with E-state index in [-0.39, 0.29) is 17.6 Å². The number of rotatable bonds is 4. The van der Waals surface area contributed by atoms with Gasteiger partial charge in [-0.15, -0.1) is 0 Å². The highest BCUT2D eigenvalue weighted by atomic mass is 16.8. The van der Waals surface area contributed by atoms with Gasteiger partial charge in [-0.1, -0.05) is 19.1 Å². The van der Waals surface area contributed by atoms with E-state index in [1.165, 1.54) is 0 Å². The van der Waals surface area contributed by atoms with E-state index < -0.39 is 12.0 Å². The minimum absolute atomic E-state index is 0.109. The van der Waals surface area contributed by atoms with Crippen LogP contribution in [0.15, 0.2) is 0 Å². The average Bonchev–Trinajstić information content (AvgIpc) is 1.81. The van der Waals surface area contributed by atoms with Gasteiger partial charge in [-0.25, -0.2) is 0 Å². The molecular weight excluding hydrogens is 150 g/mol. The van der Waals surface area contributed by atoms with Crippen molar-refractivity contribution in [2.24, 2.45) is 5.92 Å². The van der Waals surface area contributed by atoms with Crippen LogP contribution in [0.5, 0.6) is 0 Å². The number of hydroxylamine groups is 2. The molecule has 0 saturated carbocycles. The summed E-state index contributed by atoms with van der Waals surface area (Å²) in [5.74, 6) is -1.12. The predicted octanol–water partition coefficient (Wildman–Crippen LogP) is 0.566. The van der Waals surface area contributed by atoms with Gasteiger partial charge in [0.05, 0.1) is 0 Å². The molecule has 5 heteroatoms. The van der Waals surface area contributed by atoms with E-state index >= 15 is 0 Å². The van der Waals surface area contributed by atoms with Crippen molar-refractivity contribution in [3.05, 3.63) is 0 Å². The number of aliphatic carboxylic acids is 1. The zero-order chi connectivity index (χ0) is 9.02. The zero-order valence-corrected chi connectivity index (χ0v) is 6.56. The Morgan fingerprint density at radius 1 is 1.45 bits per heavy atom. The highest BCUT2D eigenvalue weighted by Gasteiger charge is 2.23. The number of hydrogen-bond acceptors (Lipinski definition) is 4. The molecule has 66 valence electrons.